The van der Waals surface area contributed by atoms with E-state index in [1.165, 1.54) is 10.4 Å². The molecule has 3 aromatic rings. The van der Waals surface area contributed by atoms with Gasteiger partial charge in [0.1, 0.15) is 11.6 Å². The lowest BCUT2D eigenvalue weighted by atomic mass is 10.2. The van der Waals surface area contributed by atoms with Crippen LogP contribution in [-0.4, -0.2) is 51.4 Å². The van der Waals surface area contributed by atoms with Crippen molar-refractivity contribution >= 4 is 38.9 Å². The summed E-state index contributed by atoms with van der Waals surface area (Å²) in [6.07, 6.45) is 0. The van der Waals surface area contributed by atoms with Crippen molar-refractivity contribution in [3.05, 3.63) is 83.1 Å². The van der Waals surface area contributed by atoms with Crippen LogP contribution in [0.1, 0.15) is 17.3 Å². The van der Waals surface area contributed by atoms with E-state index >= 15 is 0 Å². The molecule has 0 saturated carbocycles. The molecular formula is C25H25ClFN3O4S. The van der Waals surface area contributed by atoms with Gasteiger partial charge in [0.2, 0.25) is 10.0 Å². The highest BCUT2D eigenvalue weighted by Gasteiger charge is 2.30. The number of sulfonamides is 1. The number of hydrogen-bond acceptors (Lipinski definition) is 5. The number of hydrogen-bond donors (Lipinski definition) is 1. The Morgan fingerprint density at radius 2 is 1.77 bits per heavy atom. The first kappa shape index (κ1) is 25.0. The number of para-hydroxylation sites is 2. The highest BCUT2D eigenvalue weighted by molar-refractivity contribution is 7.89. The number of anilines is 2. The van der Waals surface area contributed by atoms with Gasteiger partial charge in [0, 0.05) is 36.9 Å². The Hall–Kier alpha value is -3.14. The van der Waals surface area contributed by atoms with Crippen molar-refractivity contribution in [3.8, 4) is 5.75 Å². The quantitative estimate of drug-likeness (QED) is 0.494. The van der Waals surface area contributed by atoms with E-state index in [0.717, 1.165) is 17.8 Å². The van der Waals surface area contributed by atoms with Gasteiger partial charge in [-0.15, -0.1) is 0 Å². The molecule has 184 valence electrons. The van der Waals surface area contributed by atoms with Gasteiger partial charge in [-0.05, 0) is 55.5 Å². The molecule has 4 rings (SSSR count). The number of carbonyl (C=O) groups is 1. The fourth-order valence-corrected chi connectivity index (χ4v) is 5.52. The molecule has 7 nitrogen and oxygen atoms in total. The zero-order valence-electron chi connectivity index (χ0n) is 19.1. The van der Waals surface area contributed by atoms with E-state index in [4.69, 9.17) is 16.3 Å². The predicted octanol–water partition coefficient (Wildman–Crippen LogP) is 4.64. The van der Waals surface area contributed by atoms with E-state index in [1.54, 1.807) is 37.3 Å². The van der Waals surface area contributed by atoms with Crippen molar-refractivity contribution in [2.24, 2.45) is 0 Å². The molecule has 0 aliphatic carbocycles. The zero-order valence-corrected chi connectivity index (χ0v) is 20.7. The number of ether oxygens (including phenoxy) is 1. The minimum absolute atomic E-state index is 0.140. The lowest BCUT2D eigenvalue weighted by molar-refractivity contribution is 0.102. The first-order chi connectivity index (χ1) is 16.8. The van der Waals surface area contributed by atoms with E-state index in [0.29, 0.717) is 36.2 Å². The van der Waals surface area contributed by atoms with Crippen LogP contribution in [0.15, 0.2) is 71.6 Å². The topological polar surface area (TPSA) is 78.9 Å². The molecule has 1 fully saturated rings. The van der Waals surface area contributed by atoms with Gasteiger partial charge in [-0.3, -0.25) is 4.79 Å². The summed E-state index contributed by atoms with van der Waals surface area (Å²) in [6, 6.07) is 17.4. The van der Waals surface area contributed by atoms with Crippen LogP contribution < -0.4 is 15.0 Å². The highest BCUT2D eigenvalue weighted by atomic mass is 35.5. The van der Waals surface area contributed by atoms with Crippen LogP contribution in [0.5, 0.6) is 5.75 Å². The van der Waals surface area contributed by atoms with E-state index in [1.807, 2.05) is 18.2 Å². The van der Waals surface area contributed by atoms with Crippen LogP contribution in [0.3, 0.4) is 0 Å². The minimum Gasteiger partial charge on any atom is -0.492 e. The number of benzene rings is 3. The Balaban J connectivity index is 1.51. The van der Waals surface area contributed by atoms with Crippen molar-refractivity contribution in [2.45, 2.75) is 11.8 Å². The summed E-state index contributed by atoms with van der Waals surface area (Å²) in [7, 11) is -3.93. The van der Waals surface area contributed by atoms with Crippen LogP contribution in [0.2, 0.25) is 5.02 Å². The maximum atomic E-state index is 14.6. The van der Waals surface area contributed by atoms with Crippen molar-refractivity contribution in [3.63, 3.8) is 0 Å². The van der Waals surface area contributed by atoms with Crippen LogP contribution in [0.25, 0.3) is 0 Å². The van der Waals surface area contributed by atoms with Gasteiger partial charge in [0.25, 0.3) is 5.91 Å². The number of rotatable bonds is 7. The third kappa shape index (κ3) is 5.58. The Kier molecular flexibility index (Phi) is 7.59. The zero-order chi connectivity index (χ0) is 25.0. The maximum absolute atomic E-state index is 14.6. The number of halogens is 2. The van der Waals surface area contributed by atoms with Crippen molar-refractivity contribution in [1.82, 2.24) is 4.31 Å². The van der Waals surface area contributed by atoms with Gasteiger partial charge < -0.3 is 15.0 Å². The summed E-state index contributed by atoms with van der Waals surface area (Å²) in [6.45, 7) is 3.64. The minimum atomic E-state index is -3.93. The van der Waals surface area contributed by atoms with E-state index in [2.05, 4.69) is 10.2 Å². The third-order valence-electron chi connectivity index (χ3n) is 5.67. The predicted molar refractivity (Wildman–Crippen MR) is 134 cm³/mol. The molecule has 1 saturated heterocycles. The van der Waals surface area contributed by atoms with Crippen molar-refractivity contribution in [2.75, 3.05) is 43.0 Å². The summed E-state index contributed by atoms with van der Waals surface area (Å²) in [5, 5.41) is 3.22. The molecule has 3 aromatic carbocycles. The lowest BCUT2D eigenvalue weighted by Crippen LogP contribution is -2.48. The molecule has 35 heavy (non-hydrogen) atoms. The summed E-state index contributed by atoms with van der Waals surface area (Å²) >= 11 is 6.07. The van der Waals surface area contributed by atoms with Gasteiger partial charge in [-0.25, -0.2) is 12.8 Å². The molecule has 0 spiro atoms. The molecule has 0 radical (unpaired) electrons. The Morgan fingerprint density at radius 3 is 2.49 bits per heavy atom. The molecule has 10 heteroatoms. The summed E-state index contributed by atoms with van der Waals surface area (Å²) in [5.41, 5.74) is 0.918. The Labute approximate surface area is 209 Å². The third-order valence-corrected chi connectivity index (χ3v) is 7.80. The molecule has 0 atom stereocenters. The standard InChI is InChI=1S/C25H25ClFN3O4S/c1-2-34-24-9-4-3-8-23(24)28-25(31)21-17-20(10-11-22(21)27)35(32,33)30-14-12-29(13-15-30)19-7-5-6-18(26)16-19/h3-11,16-17H,2,12-15H2,1H3,(H,28,31). The van der Waals surface area contributed by atoms with E-state index < -0.39 is 21.7 Å². The molecule has 0 aromatic heterocycles. The number of amides is 1. The van der Waals surface area contributed by atoms with E-state index in [9.17, 15) is 17.6 Å². The van der Waals surface area contributed by atoms with E-state index in [-0.39, 0.29) is 23.5 Å². The molecule has 1 amide bonds. The maximum Gasteiger partial charge on any atom is 0.258 e. The largest absolute Gasteiger partial charge is 0.492 e. The molecule has 1 N–H and O–H groups in total. The monoisotopic (exact) mass is 517 g/mol. The van der Waals surface area contributed by atoms with Crippen LogP contribution in [-0.2, 0) is 10.0 Å². The first-order valence-corrected chi connectivity index (χ1v) is 12.9. The van der Waals surface area contributed by atoms with Gasteiger partial charge in [-0.2, -0.15) is 4.31 Å². The fraction of sp³-hybridized carbons (Fsp3) is 0.240. The van der Waals surface area contributed by atoms with Gasteiger partial charge >= 0.3 is 0 Å². The van der Waals surface area contributed by atoms with Crippen molar-refractivity contribution < 1.29 is 22.3 Å². The Morgan fingerprint density at radius 1 is 1.03 bits per heavy atom. The lowest BCUT2D eigenvalue weighted by Gasteiger charge is -2.35. The SMILES string of the molecule is CCOc1ccccc1NC(=O)c1cc(S(=O)(=O)N2CCN(c3cccc(Cl)c3)CC2)ccc1F. The van der Waals surface area contributed by atoms with Crippen LogP contribution in [0, 0.1) is 5.82 Å². The molecule has 1 aliphatic rings. The molecule has 0 unspecified atom stereocenters. The number of nitrogens with zero attached hydrogens (tertiary/aromatic N) is 2. The average Bonchev–Trinajstić information content (AvgIpc) is 2.85. The second-order valence-corrected chi connectivity index (χ2v) is 10.3. The molecule has 1 aliphatic heterocycles. The Bertz CT molecular complexity index is 1330. The fourth-order valence-electron chi connectivity index (χ4n) is 3.89. The molecular weight excluding hydrogens is 493 g/mol. The first-order valence-electron chi connectivity index (χ1n) is 11.1. The highest BCUT2D eigenvalue weighted by Crippen LogP contribution is 2.27. The van der Waals surface area contributed by atoms with Gasteiger partial charge in [-0.1, -0.05) is 29.8 Å². The number of nitrogens with one attached hydrogen (secondary N) is 1. The average molecular weight is 518 g/mol. The summed E-state index contributed by atoms with van der Waals surface area (Å²) in [4.78, 5) is 14.8. The molecule has 1 heterocycles. The normalized spacial score (nSPS) is 14.5. The van der Waals surface area contributed by atoms with Crippen molar-refractivity contribution in [1.29, 1.82) is 0 Å². The van der Waals surface area contributed by atoms with Crippen LogP contribution in [0.4, 0.5) is 15.8 Å². The summed E-state index contributed by atoms with van der Waals surface area (Å²) in [5.74, 6) is -1.15. The number of piperazine rings is 1. The smallest absolute Gasteiger partial charge is 0.258 e. The van der Waals surface area contributed by atoms with Crippen LogP contribution >= 0.6 is 11.6 Å². The second-order valence-electron chi connectivity index (χ2n) is 7.90. The van der Waals surface area contributed by atoms with Gasteiger partial charge in [0.05, 0.1) is 22.8 Å². The number of carbonyl (C=O) groups excluding carboxylic acids is 1. The van der Waals surface area contributed by atoms with Gasteiger partial charge in [0.15, 0.2) is 0 Å². The second kappa shape index (κ2) is 10.6. The molecule has 0 bridgehead atoms. The summed E-state index contributed by atoms with van der Waals surface area (Å²) < 4.78 is 47.9.